The molecule has 8 heteroatoms. The maximum Gasteiger partial charge on any atom is 0.224 e. The van der Waals surface area contributed by atoms with Crippen molar-refractivity contribution in [3.05, 3.63) is 70.2 Å². The van der Waals surface area contributed by atoms with Crippen LogP contribution in [0.5, 0.6) is 5.75 Å². The van der Waals surface area contributed by atoms with Crippen LogP contribution in [-0.2, 0) is 11.2 Å². The van der Waals surface area contributed by atoms with Crippen LogP contribution in [0.25, 0.3) is 16.9 Å². The van der Waals surface area contributed by atoms with Crippen molar-refractivity contribution in [1.29, 1.82) is 0 Å². The van der Waals surface area contributed by atoms with Crippen LogP contribution in [0.1, 0.15) is 20.8 Å². The monoisotopic (exact) mass is 406 g/mol. The summed E-state index contributed by atoms with van der Waals surface area (Å²) in [5, 5.41) is 8.89. The normalized spacial score (nSPS) is 10.8. The lowest BCUT2D eigenvalue weighted by molar-refractivity contribution is -0.119. The molecule has 3 aromatic heterocycles. The van der Waals surface area contributed by atoms with Crippen LogP contribution < -0.4 is 10.1 Å². The van der Waals surface area contributed by atoms with Gasteiger partial charge in [0.25, 0.3) is 0 Å². The number of benzene rings is 1. The molecule has 0 spiro atoms. The van der Waals surface area contributed by atoms with E-state index in [0.717, 1.165) is 16.8 Å². The van der Waals surface area contributed by atoms with Crippen LogP contribution in [0.4, 0.5) is 0 Å². The fraction of sp³-hybridized carbons (Fsp3) is 0.143. The van der Waals surface area contributed by atoms with Crippen molar-refractivity contribution in [2.45, 2.75) is 6.42 Å². The number of hydrogen-bond acceptors (Lipinski definition) is 6. The fourth-order valence-electron chi connectivity index (χ4n) is 3.15. The van der Waals surface area contributed by atoms with Crippen molar-refractivity contribution < 1.29 is 14.3 Å². The van der Waals surface area contributed by atoms with Gasteiger partial charge in [-0.15, -0.1) is 11.3 Å². The summed E-state index contributed by atoms with van der Waals surface area (Å²) in [7, 11) is 3.17. The van der Waals surface area contributed by atoms with Crippen molar-refractivity contribution in [1.82, 2.24) is 19.9 Å². The molecule has 0 saturated heterocycles. The lowest BCUT2D eigenvalue weighted by Gasteiger charge is -2.11. The fourth-order valence-corrected chi connectivity index (χ4v) is 3.83. The van der Waals surface area contributed by atoms with Gasteiger partial charge in [0.2, 0.25) is 11.7 Å². The van der Waals surface area contributed by atoms with Gasteiger partial charge in [-0.25, -0.2) is 9.50 Å². The van der Waals surface area contributed by atoms with E-state index in [1.165, 1.54) is 11.3 Å². The Kier molecular flexibility index (Phi) is 5.09. The maximum atomic E-state index is 12.8. The highest BCUT2D eigenvalue weighted by Crippen LogP contribution is 2.28. The molecule has 0 bridgehead atoms. The number of thiophene rings is 1. The molecular weight excluding hydrogens is 388 g/mol. The SMILES string of the molecule is CNC(=O)Cc1cc(-c2ccnc3c(C(=O)c4cccs4)cnn23)ccc1OC. The molecule has 4 rings (SSSR count). The van der Waals surface area contributed by atoms with E-state index < -0.39 is 0 Å². The molecule has 0 aliphatic heterocycles. The molecule has 0 fully saturated rings. The Bertz CT molecular complexity index is 1200. The number of nitrogens with zero attached hydrogens (tertiary/aromatic N) is 3. The average Bonchev–Trinajstić information content (AvgIpc) is 3.43. The van der Waals surface area contributed by atoms with Crippen molar-refractivity contribution >= 4 is 28.7 Å². The average molecular weight is 406 g/mol. The van der Waals surface area contributed by atoms with Gasteiger partial charge in [0.1, 0.15) is 5.75 Å². The molecule has 1 amide bonds. The molecule has 0 saturated carbocycles. The Morgan fingerprint density at radius 1 is 1.24 bits per heavy atom. The van der Waals surface area contributed by atoms with Gasteiger partial charge in [0, 0.05) is 24.4 Å². The molecule has 3 heterocycles. The molecule has 0 unspecified atom stereocenters. The van der Waals surface area contributed by atoms with Crippen LogP contribution in [0.15, 0.2) is 54.2 Å². The third kappa shape index (κ3) is 3.50. The molecule has 1 aromatic carbocycles. The summed E-state index contributed by atoms with van der Waals surface area (Å²) in [6, 6.07) is 11.1. The van der Waals surface area contributed by atoms with Gasteiger partial charge in [-0.1, -0.05) is 6.07 Å². The molecule has 0 radical (unpaired) electrons. The number of carbonyl (C=O) groups is 2. The summed E-state index contributed by atoms with van der Waals surface area (Å²) >= 11 is 1.39. The number of likely N-dealkylation sites (N-methyl/N-ethyl adjacent to an activating group) is 1. The number of hydrogen-bond donors (Lipinski definition) is 1. The van der Waals surface area contributed by atoms with Gasteiger partial charge in [-0.05, 0) is 35.7 Å². The van der Waals surface area contributed by atoms with E-state index in [1.807, 2.05) is 35.7 Å². The van der Waals surface area contributed by atoms with E-state index in [2.05, 4.69) is 15.4 Å². The zero-order chi connectivity index (χ0) is 20.4. The molecule has 0 atom stereocenters. The smallest absolute Gasteiger partial charge is 0.224 e. The Labute approximate surface area is 171 Å². The predicted molar refractivity (Wildman–Crippen MR) is 110 cm³/mol. The summed E-state index contributed by atoms with van der Waals surface area (Å²) < 4.78 is 7.03. The van der Waals surface area contributed by atoms with Crippen LogP contribution in [0.3, 0.4) is 0 Å². The number of carbonyl (C=O) groups excluding carboxylic acids is 2. The molecule has 7 nitrogen and oxygen atoms in total. The summed E-state index contributed by atoms with van der Waals surface area (Å²) in [4.78, 5) is 29.7. The molecule has 0 aliphatic rings. The van der Waals surface area contributed by atoms with Gasteiger partial charge in [-0.2, -0.15) is 5.10 Å². The second kappa shape index (κ2) is 7.84. The Hall–Kier alpha value is -3.52. The molecule has 0 aliphatic carbocycles. The van der Waals surface area contributed by atoms with E-state index in [0.29, 0.717) is 21.8 Å². The molecule has 29 heavy (non-hydrogen) atoms. The number of aromatic nitrogens is 3. The molecule has 146 valence electrons. The summed E-state index contributed by atoms with van der Waals surface area (Å²) in [6.45, 7) is 0. The topological polar surface area (TPSA) is 85.6 Å². The first-order valence-electron chi connectivity index (χ1n) is 8.91. The summed E-state index contributed by atoms with van der Waals surface area (Å²) in [6.07, 6.45) is 3.39. The number of ether oxygens (including phenoxy) is 1. The van der Waals surface area contributed by atoms with E-state index in [4.69, 9.17) is 4.74 Å². The largest absolute Gasteiger partial charge is 0.496 e. The summed E-state index contributed by atoms with van der Waals surface area (Å²) in [5.74, 6) is 0.426. The van der Waals surface area contributed by atoms with Gasteiger partial charge in [-0.3, -0.25) is 9.59 Å². The number of nitrogens with one attached hydrogen (secondary N) is 1. The predicted octanol–water partition coefficient (Wildman–Crippen LogP) is 2.99. The minimum absolute atomic E-state index is 0.102. The Morgan fingerprint density at radius 2 is 2.10 bits per heavy atom. The van der Waals surface area contributed by atoms with Gasteiger partial charge >= 0.3 is 0 Å². The second-order valence-corrected chi connectivity index (χ2v) is 7.25. The highest BCUT2D eigenvalue weighted by atomic mass is 32.1. The van der Waals surface area contributed by atoms with Gasteiger partial charge < -0.3 is 10.1 Å². The Balaban J connectivity index is 1.80. The Morgan fingerprint density at radius 3 is 2.83 bits per heavy atom. The van der Waals surface area contributed by atoms with Crippen molar-refractivity contribution in [2.75, 3.05) is 14.2 Å². The molecular formula is C21H18N4O3S. The van der Waals surface area contributed by atoms with Gasteiger partial charge in [0.05, 0.1) is 35.9 Å². The quantitative estimate of drug-likeness (QED) is 0.498. The van der Waals surface area contributed by atoms with Crippen molar-refractivity contribution in [2.24, 2.45) is 0 Å². The first-order valence-corrected chi connectivity index (χ1v) is 9.79. The number of methoxy groups -OCH3 is 1. The number of amides is 1. The molecule has 1 N–H and O–H groups in total. The lowest BCUT2D eigenvalue weighted by Crippen LogP contribution is -2.20. The first-order chi connectivity index (χ1) is 14.1. The minimum Gasteiger partial charge on any atom is -0.496 e. The van der Waals surface area contributed by atoms with Crippen molar-refractivity contribution in [3.8, 4) is 17.0 Å². The summed E-state index contributed by atoms with van der Waals surface area (Å²) in [5.41, 5.74) is 3.31. The highest BCUT2D eigenvalue weighted by molar-refractivity contribution is 7.12. The van der Waals surface area contributed by atoms with Crippen molar-refractivity contribution in [3.63, 3.8) is 0 Å². The van der Waals surface area contributed by atoms with Crippen LogP contribution in [0.2, 0.25) is 0 Å². The van der Waals surface area contributed by atoms with E-state index in [-0.39, 0.29) is 18.1 Å². The zero-order valence-corrected chi connectivity index (χ0v) is 16.7. The zero-order valence-electron chi connectivity index (χ0n) is 15.9. The van der Waals surface area contributed by atoms with Gasteiger partial charge in [0.15, 0.2) is 5.65 Å². The lowest BCUT2D eigenvalue weighted by atomic mass is 10.0. The van der Waals surface area contributed by atoms with E-state index in [9.17, 15) is 9.59 Å². The van der Waals surface area contributed by atoms with Crippen LogP contribution in [-0.4, -0.2) is 40.4 Å². The van der Waals surface area contributed by atoms with E-state index in [1.54, 1.807) is 37.1 Å². The van der Waals surface area contributed by atoms with Crippen LogP contribution in [0, 0.1) is 0 Å². The number of rotatable bonds is 6. The first kappa shape index (κ1) is 18.8. The maximum absolute atomic E-state index is 12.8. The molecule has 4 aromatic rings. The van der Waals surface area contributed by atoms with E-state index >= 15 is 0 Å². The number of ketones is 1. The third-order valence-electron chi connectivity index (χ3n) is 4.60. The standard InChI is InChI=1S/C21H18N4O3S/c1-22-19(26)11-14-10-13(5-6-17(14)28-2)16-7-8-23-21-15(12-24-25(16)21)20(27)18-4-3-9-29-18/h3-10,12H,11H2,1-2H3,(H,22,26). The van der Waals surface area contributed by atoms with Crippen LogP contribution >= 0.6 is 11.3 Å². The highest BCUT2D eigenvalue weighted by Gasteiger charge is 2.19. The number of fused-ring (bicyclic) bond motifs is 1. The minimum atomic E-state index is -0.108. The third-order valence-corrected chi connectivity index (χ3v) is 5.47. The second-order valence-electron chi connectivity index (χ2n) is 6.31.